The van der Waals surface area contributed by atoms with E-state index in [9.17, 15) is 0 Å². The van der Waals surface area contributed by atoms with Gasteiger partial charge in [-0.3, -0.25) is 4.68 Å². The minimum Gasteiger partial charge on any atom is -0.493 e. The number of benzene rings is 1. The van der Waals surface area contributed by atoms with E-state index >= 15 is 0 Å². The first-order valence-electron chi connectivity index (χ1n) is 7.12. The van der Waals surface area contributed by atoms with Gasteiger partial charge in [0, 0.05) is 18.8 Å². The largest absolute Gasteiger partial charge is 0.493 e. The first-order chi connectivity index (χ1) is 10.1. The average Bonchev–Trinajstić information content (AvgIpc) is 2.95. The molecular weight excluding hydrogens is 266 g/mol. The van der Waals surface area contributed by atoms with E-state index in [1.165, 1.54) is 0 Å². The van der Waals surface area contributed by atoms with Crippen LogP contribution in [-0.4, -0.2) is 23.9 Å². The van der Waals surface area contributed by atoms with Gasteiger partial charge in [0.1, 0.15) is 6.61 Å². The molecule has 2 aromatic rings. The quantitative estimate of drug-likeness (QED) is 0.851. The molecule has 0 unspecified atom stereocenters. The second-order valence-electron chi connectivity index (χ2n) is 5.19. The monoisotopic (exact) mass is 289 g/mol. The van der Waals surface area contributed by atoms with Crippen LogP contribution in [0.4, 0.5) is 0 Å². The van der Waals surface area contributed by atoms with Crippen molar-refractivity contribution in [1.29, 1.82) is 0 Å². The fourth-order valence-electron chi connectivity index (χ4n) is 2.04. The van der Waals surface area contributed by atoms with Gasteiger partial charge in [0.2, 0.25) is 0 Å². The predicted octanol–water partition coefficient (Wildman–Crippen LogP) is 2.77. The summed E-state index contributed by atoms with van der Waals surface area (Å²) in [5.74, 6) is 1.47. The van der Waals surface area contributed by atoms with Gasteiger partial charge in [-0.05, 0) is 44.7 Å². The molecule has 5 nitrogen and oxygen atoms in total. The topological polar surface area (TPSA) is 48.3 Å². The van der Waals surface area contributed by atoms with Crippen LogP contribution >= 0.6 is 0 Å². The highest BCUT2D eigenvalue weighted by atomic mass is 16.5. The van der Waals surface area contributed by atoms with E-state index in [2.05, 4.69) is 24.3 Å². The summed E-state index contributed by atoms with van der Waals surface area (Å²) in [6.07, 6.45) is 1.97. The van der Waals surface area contributed by atoms with Gasteiger partial charge in [0.15, 0.2) is 11.5 Å². The van der Waals surface area contributed by atoms with E-state index < -0.39 is 0 Å². The van der Waals surface area contributed by atoms with E-state index in [4.69, 9.17) is 9.47 Å². The molecular formula is C16H23N3O2. The van der Waals surface area contributed by atoms with Gasteiger partial charge in [-0.25, -0.2) is 0 Å². The zero-order valence-corrected chi connectivity index (χ0v) is 13.1. The molecule has 1 aromatic heterocycles. The molecule has 21 heavy (non-hydrogen) atoms. The molecule has 0 aliphatic heterocycles. The lowest BCUT2D eigenvalue weighted by molar-refractivity contribution is 0.278. The summed E-state index contributed by atoms with van der Waals surface area (Å²) in [6, 6.07) is 8.27. The molecule has 0 aliphatic rings. The Labute approximate surface area is 125 Å². The molecule has 114 valence electrons. The third-order valence-electron chi connectivity index (χ3n) is 3.18. The van der Waals surface area contributed by atoms with Crippen LogP contribution in [0.1, 0.15) is 31.1 Å². The van der Waals surface area contributed by atoms with Crippen LogP contribution in [0.15, 0.2) is 30.5 Å². The van der Waals surface area contributed by atoms with Crippen LogP contribution in [0.2, 0.25) is 0 Å². The van der Waals surface area contributed by atoms with Gasteiger partial charge in [0.25, 0.3) is 0 Å². The Balaban J connectivity index is 2.08. The molecule has 0 radical (unpaired) electrons. The van der Waals surface area contributed by atoms with Crippen LogP contribution in [0.5, 0.6) is 11.5 Å². The van der Waals surface area contributed by atoms with E-state index in [1.54, 1.807) is 7.11 Å². The molecule has 0 saturated carbocycles. The molecule has 0 saturated heterocycles. The molecule has 0 fully saturated rings. The van der Waals surface area contributed by atoms with Gasteiger partial charge < -0.3 is 14.8 Å². The van der Waals surface area contributed by atoms with Crippen LogP contribution in [-0.2, 0) is 13.2 Å². The van der Waals surface area contributed by atoms with Crippen molar-refractivity contribution in [3.8, 4) is 11.5 Å². The van der Waals surface area contributed by atoms with Gasteiger partial charge in [0.05, 0.1) is 12.8 Å². The maximum atomic E-state index is 5.87. The fourth-order valence-corrected chi connectivity index (χ4v) is 2.04. The zero-order chi connectivity index (χ0) is 15.2. The lowest BCUT2D eigenvalue weighted by Gasteiger charge is -2.11. The fraction of sp³-hybridized carbons (Fsp3) is 0.438. The highest BCUT2D eigenvalue weighted by molar-refractivity contribution is 5.43. The third kappa shape index (κ3) is 3.98. The summed E-state index contributed by atoms with van der Waals surface area (Å²) >= 11 is 0. The number of aromatic nitrogens is 2. The number of hydrogen-bond donors (Lipinski definition) is 1. The number of methoxy groups -OCH3 is 1. The lowest BCUT2D eigenvalue weighted by atomic mass is 10.2. The summed E-state index contributed by atoms with van der Waals surface area (Å²) in [6.45, 7) is 5.42. The van der Waals surface area contributed by atoms with Crippen molar-refractivity contribution < 1.29 is 9.47 Å². The molecule has 1 heterocycles. The maximum Gasteiger partial charge on any atom is 0.162 e. The van der Waals surface area contributed by atoms with E-state index in [0.29, 0.717) is 12.6 Å². The van der Waals surface area contributed by atoms with Gasteiger partial charge in [-0.1, -0.05) is 6.07 Å². The Morgan fingerprint density at radius 1 is 1.24 bits per heavy atom. The molecule has 5 heteroatoms. The number of rotatable bonds is 7. The van der Waals surface area contributed by atoms with Crippen LogP contribution in [0, 0.1) is 0 Å². The summed E-state index contributed by atoms with van der Waals surface area (Å²) in [5, 5.41) is 7.60. The Bertz CT molecular complexity index is 579. The van der Waals surface area contributed by atoms with Crippen molar-refractivity contribution in [2.24, 2.45) is 0 Å². The molecule has 0 aliphatic carbocycles. The lowest BCUT2D eigenvalue weighted by Crippen LogP contribution is -2.06. The van der Waals surface area contributed by atoms with E-state index in [-0.39, 0.29) is 0 Å². The van der Waals surface area contributed by atoms with Crippen molar-refractivity contribution in [2.75, 3.05) is 14.2 Å². The first-order valence-corrected chi connectivity index (χ1v) is 7.12. The summed E-state index contributed by atoms with van der Waals surface area (Å²) in [5.41, 5.74) is 2.06. The van der Waals surface area contributed by atoms with Crippen molar-refractivity contribution in [2.45, 2.75) is 33.0 Å². The highest BCUT2D eigenvalue weighted by Crippen LogP contribution is 2.28. The Hall–Kier alpha value is -2.01. The summed E-state index contributed by atoms with van der Waals surface area (Å²) in [4.78, 5) is 0. The smallest absolute Gasteiger partial charge is 0.162 e. The molecule has 0 bridgehead atoms. The number of nitrogens with zero attached hydrogens (tertiary/aromatic N) is 2. The van der Waals surface area contributed by atoms with Gasteiger partial charge in [-0.2, -0.15) is 5.10 Å². The predicted molar refractivity (Wildman–Crippen MR) is 82.7 cm³/mol. The van der Waals surface area contributed by atoms with Gasteiger partial charge in [-0.15, -0.1) is 0 Å². The SMILES string of the molecule is CNCc1ccc(OC)c(OCc2ccn(C(C)C)n2)c1. The molecule has 1 aromatic carbocycles. The normalized spacial score (nSPS) is 10.9. The van der Waals surface area contributed by atoms with Crippen molar-refractivity contribution >= 4 is 0 Å². The molecule has 0 amide bonds. The average molecular weight is 289 g/mol. The molecule has 1 N–H and O–H groups in total. The minimum atomic E-state index is 0.354. The minimum absolute atomic E-state index is 0.354. The number of hydrogen-bond acceptors (Lipinski definition) is 4. The summed E-state index contributed by atoms with van der Waals surface area (Å²) < 4.78 is 13.1. The molecule has 0 atom stereocenters. The second kappa shape index (κ2) is 7.13. The van der Waals surface area contributed by atoms with E-state index in [1.807, 2.05) is 42.2 Å². The maximum absolute atomic E-state index is 5.87. The van der Waals surface area contributed by atoms with E-state index in [0.717, 1.165) is 29.3 Å². The van der Waals surface area contributed by atoms with Gasteiger partial charge >= 0.3 is 0 Å². The Morgan fingerprint density at radius 2 is 2.05 bits per heavy atom. The standard InChI is InChI=1S/C16H23N3O2/c1-12(2)19-8-7-14(18-19)11-21-16-9-13(10-17-3)5-6-15(16)20-4/h5-9,12,17H,10-11H2,1-4H3. The molecule has 2 rings (SSSR count). The summed E-state index contributed by atoms with van der Waals surface area (Å²) in [7, 11) is 3.57. The molecule has 0 spiro atoms. The first kappa shape index (κ1) is 15.4. The number of nitrogens with one attached hydrogen (secondary N) is 1. The highest BCUT2D eigenvalue weighted by Gasteiger charge is 2.08. The van der Waals surface area contributed by atoms with Crippen molar-refractivity contribution in [3.05, 3.63) is 41.7 Å². The van der Waals surface area contributed by atoms with Crippen LogP contribution < -0.4 is 14.8 Å². The van der Waals surface area contributed by atoms with Crippen molar-refractivity contribution in [1.82, 2.24) is 15.1 Å². The second-order valence-corrected chi connectivity index (χ2v) is 5.19. The Morgan fingerprint density at radius 3 is 2.67 bits per heavy atom. The van der Waals surface area contributed by atoms with Crippen LogP contribution in [0.25, 0.3) is 0 Å². The Kier molecular flexibility index (Phi) is 5.22. The zero-order valence-electron chi connectivity index (χ0n) is 13.1. The third-order valence-corrected chi connectivity index (χ3v) is 3.18. The number of ether oxygens (including phenoxy) is 2. The van der Waals surface area contributed by atoms with Crippen molar-refractivity contribution in [3.63, 3.8) is 0 Å². The van der Waals surface area contributed by atoms with Crippen LogP contribution in [0.3, 0.4) is 0 Å².